The minimum absolute atomic E-state index is 0.257. The summed E-state index contributed by atoms with van der Waals surface area (Å²) in [5, 5.41) is 10.5. The van der Waals surface area contributed by atoms with Crippen molar-refractivity contribution in [3.05, 3.63) is 29.8 Å². The van der Waals surface area contributed by atoms with Crippen molar-refractivity contribution in [2.45, 2.75) is 32.5 Å². The third-order valence-electron chi connectivity index (χ3n) is 4.29. The first-order valence-corrected chi connectivity index (χ1v) is 7.80. The molecule has 0 spiro atoms. The molecule has 0 amide bonds. The molecule has 2 rings (SSSR count). The fraction of sp³-hybridized carbons (Fsp3) is 0.647. The van der Waals surface area contributed by atoms with Gasteiger partial charge in [-0.3, -0.25) is 4.90 Å². The van der Waals surface area contributed by atoms with Gasteiger partial charge in [-0.2, -0.15) is 0 Å². The SMILES string of the molecule is CCOc1ccccc1C(O)CN1CCC(C)C(OC)C1. The number of hydrogen-bond donors (Lipinski definition) is 1. The van der Waals surface area contributed by atoms with Gasteiger partial charge in [0.2, 0.25) is 0 Å². The Kier molecular flexibility index (Phi) is 6.03. The maximum absolute atomic E-state index is 10.5. The number of β-amino-alcohol motifs (C(OH)–C–C–N with tert-alkyl or cyclic N) is 1. The van der Waals surface area contributed by atoms with E-state index < -0.39 is 6.10 Å². The van der Waals surface area contributed by atoms with Crippen molar-refractivity contribution in [2.24, 2.45) is 5.92 Å². The van der Waals surface area contributed by atoms with Crippen molar-refractivity contribution in [3.8, 4) is 5.75 Å². The second-order valence-corrected chi connectivity index (χ2v) is 5.79. The van der Waals surface area contributed by atoms with Gasteiger partial charge in [0.1, 0.15) is 5.75 Å². The predicted molar refractivity (Wildman–Crippen MR) is 83.6 cm³/mol. The number of methoxy groups -OCH3 is 1. The van der Waals surface area contributed by atoms with E-state index in [9.17, 15) is 5.11 Å². The lowest BCUT2D eigenvalue weighted by Crippen LogP contribution is -2.45. The van der Waals surface area contributed by atoms with Crippen molar-refractivity contribution in [1.82, 2.24) is 4.90 Å². The Morgan fingerprint density at radius 3 is 2.86 bits per heavy atom. The van der Waals surface area contributed by atoms with Gasteiger partial charge in [0.15, 0.2) is 0 Å². The number of benzene rings is 1. The number of nitrogens with zero attached hydrogens (tertiary/aromatic N) is 1. The summed E-state index contributed by atoms with van der Waals surface area (Å²) in [6, 6.07) is 7.73. The van der Waals surface area contributed by atoms with Crippen LogP contribution in [0, 0.1) is 5.92 Å². The van der Waals surface area contributed by atoms with Crippen LogP contribution in [0.2, 0.25) is 0 Å². The monoisotopic (exact) mass is 293 g/mol. The molecule has 1 aliphatic rings. The zero-order chi connectivity index (χ0) is 15.2. The maximum atomic E-state index is 10.5. The van der Waals surface area contributed by atoms with Crippen LogP contribution in [-0.2, 0) is 4.74 Å². The van der Waals surface area contributed by atoms with Gasteiger partial charge < -0.3 is 14.6 Å². The molecule has 0 bridgehead atoms. The number of piperidine rings is 1. The summed E-state index contributed by atoms with van der Waals surface area (Å²) < 4.78 is 11.1. The molecular weight excluding hydrogens is 266 g/mol. The van der Waals surface area contributed by atoms with Gasteiger partial charge in [-0.1, -0.05) is 25.1 Å². The van der Waals surface area contributed by atoms with Gasteiger partial charge in [0.25, 0.3) is 0 Å². The van der Waals surface area contributed by atoms with Crippen molar-refractivity contribution >= 4 is 0 Å². The molecule has 0 aromatic heterocycles. The largest absolute Gasteiger partial charge is 0.493 e. The minimum atomic E-state index is -0.529. The van der Waals surface area contributed by atoms with Crippen LogP contribution in [0.1, 0.15) is 31.9 Å². The lowest BCUT2D eigenvalue weighted by Gasteiger charge is -2.37. The highest BCUT2D eigenvalue weighted by atomic mass is 16.5. The average molecular weight is 293 g/mol. The Morgan fingerprint density at radius 2 is 2.14 bits per heavy atom. The van der Waals surface area contributed by atoms with Crippen molar-refractivity contribution in [2.75, 3.05) is 33.4 Å². The summed E-state index contributed by atoms with van der Waals surface area (Å²) in [6.45, 7) is 7.30. The number of hydrogen-bond acceptors (Lipinski definition) is 4. The number of rotatable bonds is 6. The van der Waals surface area contributed by atoms with Gasteiger partial charge in [-0.15, -0.1) is 0 Å². The van der Waals surface area contributed by atoms with Crippen LogP contribution in [0.25, 0.3) is 0 Å². The van der Waals surface area contributed by atoms with Gasteiger partial charge in [-0.05, 0) is 31.9 Å². The molecule has 1 N–H and O–H groups in total. The molecule has 0 aliphatic carbocycles. The molecule has 3 atom stereocenters. The number of ether oxygens (including phenoxy) is 2. The molecule has 1 heterocycles. The van der Waals surface area contributed by atoms with Crippen molar-refractivity contribution in [3.63, 3.8) is 0 Å². The Balaban J connectivity index is 1.99. The summed E-state index contributed by atoms with van der Waals surface area (Å²) in [6.07, 6.45) is 0.838. The normalized spacial score (nSPS) is 24.8. The fourth-order valence-electron chi connectivity index (χ4n) is 2.96. The Labute approximate surface area is 127 Å². The highest BCUT2D eigenvalue weighted by molar-refractivity contribution is 5.35. The molecule has 4 heteroatoms. The second-order valence-electron chi connectivity index (χ2n) is 5.79. The number of aliphatic hydroxyl groups is 1. The smallest absolute Gasteiger partial charge is 0.125 e. The summed E-state index contributed by atoms with van der Waals surface area (Å²) >= 11 is 0. The van der Waals surface area contributed by atoms with E-state index in [1.54, 1.807) is 7.11 Å². The summed E-state index contributed by atoms with van der Waals surface area (Å²) in [4.78, 5) is 2.28. The lowest BCUT2D eigenvalue weighted by molar-refractivity contribution is -0.0182. The van der Waals surface area contributed by atoms with Crippen LogP contribution in [0.5, 0.6) is 5.75 Å². The fourth-order valence-corrected chi connectivity index (χ4v) is 2.96. The van der Waals surface area contributed by atoms with E-state index in [1.807, 2.05) is 31.2 Å². The molecule has 3 unspecified atom stereocenters. The van der Waals surface area contributed by atoms with E-state index in [4.69, 9.17) is 9.47 Å². The first-order valence-electron chi connectivity index (χ1n) is 7.80. The van der Waals surface area contributed by atoms with Gasteiger partial charge in [0.05, 0.1) is 18.8 Å². The van der Waals surface area contributed by atoms with Gasteiger partial charge in [-0.25, -0.2) is 0 Å². The van der Waals surface area contributed by atoms with Gasteiger partial charge >= 0.3 is 0 Å². The van der Waals surface area contributed by atoms with E-state index >= 15 is 0 Å². The zero-order valence-electron chi connectivity index (χ0n) is 13.3. The topological polar surface area (TPSA) is 41.9 Å². The van der Waals surface area contributed by atoms with E-state index in [0.29, 0.717) is 19.1 Å². The van der Waals surface area contributed by atoms with Crippen LogP contribution in [-0.4, -0.2) is 49.5 Å². The van der Waals surface area contributed by atoms with Crippen LogP contribution in [0.4, 0.5) is 0 Å². The summed E-state index contributed by atoms with van der Waals surface area (Å²) in [5.41, 5.74) is 0.868. The van der Waals surface area contributed by atoms with E-state index in [-0.39, 0.29) is 6.10 Å². The standard InChI is InChI=1S/C17H27NO3/c1-4-21-16-8-6-5-7-14(16)15(19)11-18-10-9-13(2)17(12-18)20-3/h5-8,13,15,17,19H,4,9-12H2,1-3H3. The van der Waals surface area contributed by atoms with E-state index in [1.165, 1.54) is 0 Å². The van der Waals surface area contributed by atoms with E-state index in [0.717, 1.165) is 30.8 Å². The molecule has 1 saturated heterocycles. The molecule has 1 fully saturated rings. The molecule has 4 nitrogen and oxygen atoms in total. The third kappa shape index (κ3) is 4.19. The highest BCUT2D eigenvalue weighted by Gasteiger charge is 2.27. The molecule has 1 aromatic rings. The molecular formula is C17H27NO3. The van der Waals surface area contributed by atoms with E-state index in [2.05, 4.69) is 11.8 Å². The average Bonchev–Trinajstić information content (AvgIpc) is 2.50. The maximum Gasteiger partial charge on any atom is 0.125 e. The predicted octanol–water partition coefficient (Wildman–Crippen LogP) is 2.48. The second kappa shape index (κ2) is 7.78. The van der Waals surface area contributed by atoms with Crippen LogP contribution in [0.15, 0.2) is 24.3 Å². The molecule has 118 valence electrons. The van der Waals surface area contributed by atoms with Crippen LogP contribution < -0.4 is 4.74 Å². The number of para-hydroxylation sites is 1. The van der Waals surface area contributed by atoms with Crippen LogP contribution in [0.3, 0.4) is 0 Å². The number of aliphatic hydroxyl groups excluding tert-OH is 1. The molecule has 0 radical (unpaired) electrons. The number of likely N-dealkylation sites (tertiary alicyclic amines) is 1. The Bertz CT molecular complexity index is 438. The third-order valence-corrected chi connectivity index (χ3v) is 4.29. The lowest BCUT2D eigenvalue weighted by atomic mass is 9.95. The van der Waals surface area contributed by atoms with Crippen molar-refractivity contribution in [1.29, 1.82) is 0 Å². The highest BCUT2D eigenvalue weighted by Crippen LogP contribution is 2.27. The Hall–Kier alpha value is -1.10. The summed E-state index contributed by atoms with van der Waals surface area (Å²) in [7, 11) is 1.77. The molecule has 0 saturated carbocycles. The first kappa shape index (κ1) is 16.3. The summed E-state index contributed by atoms with van der Waals surface area (Å²) in [5.74, 6) is 1.36. The molecule has 1 aliphatic heterocycles. The quantitative estimate of drug-likeness (QED) is 0.875. The van der Waals surface area contributed by atoms with Gasteiger partial charge in [0, 0.05) is 25.8 Å². The minimum Gasteiger partial charge on any atom is -0.493 e. The Morgan fingerprint density at radius 1 is 1.38 bits per heavy atom. The molecule has 21 heavy (non-hydrogen) atoms. The molecule has 1 aromatic carbocycles. The zero-order valence-corrected chi connectivity index (χ0v) is 13.3. The first-order chi connectivity index (χ1) is 10.2. The van der Waals surface area contributed by atoms with Crippen molar-refractivity contribution < 1.29 is 14.6 Å². The van der Waals surface area contributed by atoms with Crippen LogP contribution >= 0.6 is 0 Å².